The second-order valence-corrected chi connectivity index (χ2v) is 10.6. The molecular formula is C29H28Cl2N4OS. The van der Waals surface area contributed by atoms with Crippen molar-refractivity contribution in [3.8, 4) is 11.4 Å². The molecule has 0 bridgehead atoms. The van der Waals surface area contributed by atoms with Gasteiger partial charge in [-0.05, 0) is 100 Å². The molecule has 4 aromatic rings. The summed E-state index contributed by atoms with van der Waals surface area (Å²) >= 11 is 18.9. The number of thiocarbonyl (C=S) groups is 1. The van der Waals surface area contributed by atoms with Gasteiger partial charge in [-0.15, -0.1) is 0 Å². The summed E-state index contributed by atoms with van der Waals surface area (Å²) in [6.07, 6.45) is 1.91. The van der Waals surface area contributed by atoms with E-state index in [4.69, 9.17) is 40.2 Å². The van der Waals surface area contributed by atoms with Gasteiger partial charge >= 0.3 is 0 Å². The lowest BCUT2D eigenvalue weighted by Gasteiger charge is -2.28. The van der Waals surface area contributed by atoms with Gasteiger partial charge in [0.25, 0.3) is 0 Å². The molecule has 2 aromatic heterocycles. The van der Waals surface area contributed by atoms with Crippen LogP contribution in [0.15, 0.2) is 72.9 Å². The molecule has 1 fully saturated rings. The van der Waals surface area contributed by atoms with Crippen molar-refractivity contribution in [2.45, 2.75) is 45.9 Å². The molecule has 1 saturated heterocycles. The van der Waals surface area contributed by atoms with Crippen molar-refractivity contribution in [2.24, 2.45) is 0 Å². The summed E-state index contributed by atoms with van der Waals surface area (Å²) in [7, 11) is 0. The number of pyridine rings is 1. The van der Waals surface area contributed by atoms with E-state index in [-0.39, 0.29) is 18.2 Å². The molecule has 0 saturated carbocycles. The number of nitrogens with one attached hydrogen (secondary N) is 1. The van der Waals surface area contributed by atoms with Crippen molar-refractivity contribution in [3.63, 3.8) is 0 Å². The fourth-order valence-corrected chi connectivity index (χ4v) is 5.76. The van der Waals surface area contributed by atoms with Gasteiger partial charge < -0.3 is 19.5 Å². The summed E-state index contributed by atoms with van der Waals surface area (Å²) in [5.74, 6) is 0.823. The number of nitrogens with zero attached hydrogens (tertiary/aromatic N) is 3. The number of rotatable bonds is 6. The zero-order valence-corrected chi connectivity index (χ0v) is 23.4. The van der Waals surface area contributed by atoms with Crippen molar-refractivity contribution >= 4 is 46.2 Å². The van der Waals surface area contributed by atoms with Gasteiger partial charge in [-0.1, -0.05) is 35.3 Å². The Labute approximate surface area is 233 Å². The van der Waals surface area contributed by atoms with Crippen molar-refractivity contribution in [3.05, 3.63) is 106 Å². The molecule has 0 amide bonds. The molecule has 37 heavy (non-hydrogen) atoms. The Morgan fingerprint density at radius 2 is 1.76 bits per heavy atom. The third kappa shape index (κ3) is 4.81. The number of hydrogen-bond donors (Lipinski definition) is 1. The highest BCUT2D eigenvalue weighted by molar-refractivity contribution is 7.80. The Hall–Kier alpha value is -3.06. The van der Waals surface area contributed by atoms with Gasteiger partial charge in [0.15, 0.2) is 5.11 Å². The molecular weight excluding hydrogens is 523 g/mol. The second-order valence-electron chi connectivity index (χ2n) is 9.39. The SMILES string of the molecule is Cc1cc([C@@H]2[C@H](c3ccccn3)NC(=S)N2c2ccc(OC(C)C)cc2)c(C)n1-c1cccc(Cl)c1Cl. The Morgan fingerprint density at radius 1 is 1.00 bits per heavy atom. The number of aromatic nitrogens is 2. The van der Waals surface area contributed by atoms with Gasteiger partial charge in [-0.3, -0.25) is 4.98 Å². The Bertz CT molecular complexity index is 1440. The van der Waals surface area contributed by atoms with Crippen LogP contribution in [0.3, 0.4) is 0 Å². The highest BCUT2D eigenvalue weighted by Crippen LogP contribution is 2.44. The number of aryl methyl sites for hydroxylation is 1. The van der Waals surface area contributed by atoms with Gasteiger partial charge in [0.2, 0.25) is 0 Å². The van der Waals surface area contributed by atoms with E-state index in [0.29, 0.717) is 15.2 Å². The van der Waals surface area contributed by atoms with E-state index in [1.54, 1.807) is 6.07 Å². The molecule has 0 spiro atoms. The summed E-state index contributed by atoms with van der Waals surface area (Å²) in [4.78, 5) is 6.84. The smallest absolute Gasteiger partial charge is 0.174 e. The predicted molar refractivity (Wildman–Crippen MR) is 155 cm³/mol. The standard InChI is InChI=1S/C29H28Cl2N4OS/c1-17(2)36-21-13-11-20(12-14-21)35-28(27(33-29(35)37)24-9-5-6-15-32-24)22-16-18(3)34(19(22)4)25-10-7-8-23(30)26(25)31/h5-17,27-28H,1-4H3,(H,33,37)/t27-,28+/m0/s1. The molecule has 190 valence electrons. The molecule has 0 radical (unpaired) electrons. The number of benzene rings is 2. The van der Waals surface area contributed by atoms with Gasteiger partial charge in [0.1, 0.15) is 5.75 Å². The molecule has 0 unspecified atom stereocenters. The zero-order chi connectivity index (χ0) is 26.3. The largest absolute Gasteiger partial charge is 0.491 e. The van der Waals surface area contributed by atoms with Crippen LogP contribution in [0.4, 0.5) is 5.69 Å². The number of halogens is 2. The lowest BCUT2D eigenvalue weighted by molar-refractivity contribution is 0.242. The fraction of sp³-hybridized carbons (Fsp3) is 0.241. The quantitative estimate of drug-likeness (QED) is 0.248. The zero-order valence-electron chi connectivity index (χ0n) is 21.1. The van der Waals surface area contributed by atoms with E-state index < -0.39 is 0 Å². The van der Waals surface area contributed by atoms with Crippen LogP contribution in [-0.4, -0.2) is 20.8 Å². The molecule has 1 aliphatic rings. The maximum absolute atomic E-state index is 6.65. The Morgan fingerprint density at radius 3 is 2.43 bits per heavy atom. The van der Waals surface area contributed by atoms with Crippen molar-refractivity contribution in [1.29, 1.82) is 0 Å². The molecule has 5 rings (SSSR count). The van der Waals surface area contributed by atoms with E-state index in [0.717, 1.165) is 39.8 Å². The fourth-order valence-electron chi connectivity index (χ4n) is 5.03. The van der Waals surface area contributed by atoms with Crippen LogP contribution in [0.5, 0.6) is 5.75 Å². The average molecular weight is 552 g/mol. The summed E-state index contributed by atoms with van der Waals surface area (Å²) in [5.41, 5.74) is 5.98. The number of ether oxygens (including phenoxy) is 1. The molecule has 3 heterocycles. The van der Waals surface area contributed by atoms with Gasteiger partial charge in [0.05, 0.1) is 39.6 Å². The van der Waals surface area contributed by atoms with Gasteiger partial charge in [-0.2, -0.15) is 0 Å². The summed E-state index contributed by atoms with van der Waals surface area (Å²) in [6, 6.07) is 21.6. The lowest BCUT2D eigenvalue weighted by Crippen LogP contribution is -2.29. The third-order valence-electron chi connectivity index (χ3n) is 6.55. The Kier molecular flexibility index (Phi) is 7.17. The van der Waals surface area contributed by atoms with Crippen LogP contribution in [-0.2, 0) is 0 Å². The molecule has 8 heteroatoms. The van der Waals surface area contributed by atoms with E-state index in [1.807, 2.05) is 74.6 Å². The monoisotopic (exact) mass is 550 g/mol. The van der Waals surface area contributed by atoms with Crippen LogP contribution in [0, 0.1) is 13.8 Å². The Balaban J connectivity index is 1.64. The number of hydrogen-bond acceptors (Lipinski definition) is 3. The summed E-state index contributed by atoms with van der Waals surface area (Å²) in [6.45, 7) is 8.21. The molecule has 5 nitrogen and oxygen atoms in total. The second kappa shape index (κ2) is 10.4. The first-order chi connectivity index (χ1) is 17.8. The van der Waals surface area contributed by atoms with Crippen LogP contribution in [0.2, 0.25) is 10.0 Å². The summed E-state index contributed by atoms with van der Waals surface area (Å²) < 4.78 is 8.02. The lowest BCUT2D eigenvalue weighted by atomic mass is 9.96. The van der Waals surface area contributed by atoms with Crippen molar-refractivity contribution < 1.29 is 4.74 Å². The minimum atomic E-state index is -0.149. The first-order valence-electron chi connectivity index (χ1n) is 12.2. The first-order valence-corrected chi connectivity index (χ1v) is 13.3. The van der Waals surface area contributed by atoms with Crippen LogP contribution < -0.4 is 15.0 Å². The van der Waals surface area contributed by atoms with E-state index in [2.05, 4.69) is 39.7 Å². The predicted octanol–water partition coefficient (Wildman–Crippen LogP) is 7.76. The van der Waals surface area contributed by atoms with Crippen molar-refractivity contribution in [1.82, 2.24) is 14.9 Å². The minimum Gasteiger partial charge on any atom is -0.491 e. The normalized spacial score (nSPS) is 17.4. The van der Waals surface area contributed by atoms with Gasteiger partial charge in [-0.25, -0.2) is 0 Å². The number of anilines is 1. The van der Waals surface area contributed by atoms with E-state index in [1.165, 1.54) is 0 Å². The molecule has 2 atom stereocenters. The third-order valence-corrected chi connectivity index (χ3v) is 7.67. The van der Waals surface area contributed by atoms with Crippen LogP contribution in [0.25, 0.3) is 5.69 Å². The summed E-state index contributed by atoms with van der Waals surface area (Å²) in [5, 5.41) is 5.23. The highest BCUT2D eigenvalue weighted by Gasteiger charge is 2.42. The van der Waals surface area contributed by atoms with Crippen LogP contribution in [0.1, 0.15) is 48.6 Å². The molecule has 2 aromatic carbocycles. The highest BCUT2D eigenvalue weighted by atomic mass is 35.5. The van der Waals surface area contributed by atoms with Crippen LogP contribution >= 0.6 is 35.4 Å². The molecule has 1 N–H and O–H groups in total. The van der Waals surface area contributed by atoms with E-state index in [9.17, 15) is 0 Å². The molecule has 0 aliphatic carbocycles. The van der Waals surface area contributed by atoms with E-state index >= 15 is 0 Å². The first kappa shape index (κ1) is 25.6. The minimum absolute atomic E-state index is 0.102. The molecule has 1 aliphatic heterocycles. The average Bonchev–Trinajstić information content (AvgIpc) is 3.37. The van der Waals surface area contributed by atoms with Crippen molar-refractivity contribution in [2.75, 3.05) is 4.90 Å². The maximum atomic E-state index is 6.65. The topological polar surface area (TPSA) is 42.3 Å². The maximum Gasteiger partial charge on any atom is 0.174 e. The van der Waals surface area contributed by atoms with Gasteiger partial charge in [0, 0.05) is 23.3 Å².